The Morgan fingerprint density at radius 1 is 1.07 bits per heavy atom. The monoisotopic (exact) mass is 384 g/mol. The zero-order valence-electron chi connectivity index (χ0n) is 16.6. The fraction of sp³-hybridized carbons (Fsp3) is 0.478. The third kappa shape index (κ3) is 4.20. The van der Waals surface area contributed by atoms with Crippen molar-refractivity contribution in [3.8, 4) is 0 Å². The summed E-state index contributed by atoms with van der Waals surface area (Å²) in [6.45, 7) is 4.57. The number of hydrogen-bond donors (Lipinski definition) is 0. The van der Waals surface area contributed by atoms with Gasteiger partial charge >= 0.3 is 11.9 Å². The molecule has 0 amide bonds. The Morgan fingerprint density at radius 3 is 2.54 bits per heavy atom. The summed E-state index contributed by atoms with van der Waals surface area (Å²) in [5.41, 5.74) is -0.410. The molecule has 1 aliphatic rings. The summed E-state index contributed by atoms with van der Waals surface area (Å²) in [5, 5.41) is 2.12. The minimum absolute atomic E-state index is 0.116. The van der Waals surface area contributed by atoms with Crippen molar-refractivity contribution in [2.45, 2.75) is 52.2 Å². The van der Waals surface area contributed by atoms with Gasteiger partial charge in [0.05, 0.1) is 12.7 Å². The Hall–Kier alpha value is -2.40. The number of rotatable bonds is 8. The van der Waals surface area contributed by atoms with E-state index >= 15 is 0 Å². The molecular weight excluding hydrogens is 356 g/mol. The molecule has 5 nitrogen and oxygen atoms in total. The van der Waals surface area contributed by atoms with Crippen LogP contribution in [0.3, 0.4) is 0 Å². The van der Waals surface area contributed by atoms with Crippen molar-refractivity contribution in [1.29, 1.82) is 0 Å². The summed E-state index contributed by atoms with van der Waals surface area (Å²) < 4.78 is 16.6. The number of ether oxygens (including phenoxy) is 3. The number of benzene rings is 2. The lowest BCUT2D eigenvalue weighted by Crippen LogP contribution is -2.44. The number of carbonyl (C=O) groups is 2. The summed E-state index contributed by atoms with van der Waals surface area (Å²) in [6, 6.07) is 13.9. The molecule has 1 aliphatic heterocycles. The minimum atomic E-state index is -1.32. The molecule has 2 atom stereocenters. The van der Waals surface area contributed by atoms with E-state index in [0.717, 1.165) is 29.2 Å². The van der Waals surface area contributed by atoms with E-state index in [2.05, 4.69) is 0 Å². The summed E-state index contributed by atoms with van der Waals surface area (Å²) in [6.07, 6.45) is 2.29. The fourth-order valence-electron chi connectivity index (χ4n) is 3.85. The second-order valence-corrected chi connectivity index (χ2v) is 7.21. The van der Waals surface area contributed by atoms with Crippen LogP contribution in [0.1, 0.15) is 45.1 Å². The van der Waals surface area contributed by atoms with Gasteiger partial charge in [-0.15, -0.1) is 0 Å². The zero-order chi connectivity index (χ0) is 20.0. The predicted molar refractivity (Wildman–Crippen MR) is 107 cm³/mol. The molecule has 0 aromatic heterocycles. The minimum Gasteiger partial charge on any atom is -0.465 e. The van der Waals surface area contributed by atoms with Crippen LogP contribution in [0.4, 0.5) is 0 Å². The Bertz CT molecular complexity index is 819. The molecule has 28 heavy (non-hydrogen) atoms. The van der Waals surface area contributed by atoms with Crippen molar-refractivity contribution < 1.29 is 23.8 Å². The molecular formula is C23H28O5. The average molecular weight is 384 g/mol. The molecule has 1 heterocycles. The van der Waals surface area contributed by atoms with Crippen molar-refractivity contribution in [2.24, 2.45) is 5.41 Å². The van der Waals surface area contributed by atoms with Crippen LogP contribution in [0.25, 0.3) is 10.8 Å². The summed E-state index contributed by atoms with van der Waals surface area (Å²) in [7, 11) is 0. The lowest BCUT2D eigenvalue weighted by molar-refractivity contribution is -0.176. The first-order chi connectivity index (χ1) is 13.6. The van der Waals surface area contributed by atoms with Crippen molar-refractivity contribution in [1.82, 2.24) is 0 Å². The number of fused-ring (bicyclic) bond motifs is 1. The Labute approximate surface area is 166 Å². The van der Waals surface area contributed by atoms with E-state index in [-0.39, 0.29) is 19.3 Å². The van der Waals surface area contributed by atoms with Gasteiger partial charge < -0.3 is 14.2 Å². The number of carbonyl (C=O) groups excluding carboxylic acids is 2. The maximum atomic E-state index is 13.1. The van der Waals surface area contributed by atoms with E-state index in [1.165, 1.54) is 0 Å². The molecule has 0 aliphatic carbocycles. The first-order valence-electron chi connectivity index (χ1n) is 10.0. The van der Waals surface area contributed by atoms with Crippen LogP contribution < -0.4 is 0 Å². The van der Waals surface area contributed by atoms with Crippen molar-refractivity contribution in [2.75, 3.05) is 13.2 Å². The standard InChI is InChI=1S/C23H28O5/c1-3-23(21(24)26-4-2,15-19-12-8-14-27-19)22(25)28-16-18-11-7-10-17-9-5-6-13-20(17)18/h5-7,9-11,13,19H,3-4,8,12,14-16H2,1-2H3. The van der Waals surface area contributed by atoms with Crippen LogP contribution in [0.2, 0.25) is 0 Å². The topological polar surface area (TPSA) is 61.8 Å². The number of esters is 2. The number of hydrogen-bond acceptors (Lipinski definition) is 5. The van der Waals surface area contributed by atoms with E-state index in [1.54, 1.807) is 6.92 Å². The van der Waals surface area contributed by atoms with Crippen LogP contribution in [0.5, 0.6) is 0 Å². The molecule has 2 unspecified atom stereocenters. The summed E-state index contributed by atoms with van der Waals surface area (Å²) >= 11 is 0. The van der Waals surface area contributed by atoms with Gasteiger partial charge in [-0.1, -0.05) is 49.4 Å². The summed E-state index contributed by atoms with van der Waals surface area (Å²) in [4.78, 5) is 25.9. The highest BCUT2D eigenvalue weighted by atomic mass is 16.6. The van der Waals surface area contributed by atoms with Gasteiger partial charge in [-0.25, -0.2) is 0 Å². The van der Waals surface area contributed by atoms with Crippen LogP contribution in [0.15, 0.2) is 42.5 Å². The quantitative estimate of drug-likeness (QED) is 0.498. The van der Waals surface area contributed by atoms with Crippen LogP contribution in [0, 0.1) is 5.41 Å². The Morgan fingerprint density at radius 2 is 1.82 bits per heavy atom. The Balaban J connectivity index is 1.80. The molecule has 0 radical (unpaired) electrons. The van der Waals surface area contributed by atoms with Gasteiger partial charge in [0.1, 0.15) is 6.61 Å². The highest BCUT2D eigenvalue weighted by Crippen LogP contribution is 2.36. The van der Waals surface area contributed by atoms with Gasteiger partial charge in [0.2, 0.25) is 0 Å². The summed E-state index contributed by atoms with van der Waals surface area (Å²) in [5.74, 6) is -1.05. The van der Waals surface area contributed by atoms with E-state index in [1.807, 2.05) is 49.4 Å². The molecule has 5 heteroatoms. The molecule has 0 spiro atoms. The molecule has 0 saturated carbocycles. The SMILES string of the molecule is CCOC(=O)C(CC)(CC1CCCO1)C(=O)OCc1cccc2ccccc12. The van der Waals surface area contributed by atoms with Gasteiger partial charge in [-0.05, 0) is 42.5 Å². The van der Waals surface area contributed by atoms with Gasteiger partial charge in [-0.2, -0.15) is 0 Å². The van der Waals surface area contributed by atoms with E-state index in [0.29, 0.717) is 19.4 Å². The third-order valence-electron chi connectivity index (χ3n) is 5.50. The highest BCUT2D eigenvalue weighted by molar-refractivity contribution is 6.00. The second kappa shape index (κ2) is 9.20. The maximum absolute atomic E-state index is 13.1. The smallest absolute Gasteiger partial charge is 0.323 e. The normalized spacial score (nSPS) is 18.6. The lowest BCUT2D eigenvalue weighted by atomic mass is 9.79. The second-order valence-electron chi connectivity index (χ2n) is 7.21. The molecule has 150 valence electrons. The molecule has 1 fully saturated rings. The highest BCUT2D eigenvalue weighted by Gasteiger charge is 2.49. The van der Waals surface area contributed by atoms with Crippen LogP contribution >= 0.6 is 0 Å². The van der Waals surface area contributed by atoms with Crippen molar-refractivity contribution in [3.05, 3.63) is 48.0 Å². The first-order valence-corrected chi connectivity index (χ1v) is 10.0. The first kappa shape index (κ1) is 20.3. The van der Waals surface area contributed by atoms with E-state index < -0.39 is 17.4 Å². The van der Waals surface area contributed by atoms with Crippen molar-refractivity contribution >= 4 is 22.7 Å². The lowest BCUT2D eigenvalue weighted by Gasteiger charge is -2.30. The van der Waals surface area contributed by atoms with Crippen LogP contribution in [-0.4, -0.2) is 31.3 Å². The molecule has 0 bridgehead atoms. The van der Waals surface area contributed by atoms with Crippen molar-refractivity contribution in [3.63, 3.8) is 0 Å². The van der Waals surface area contributed by atoms with Gasteiger partial charge in [0, 0.05) is 13.0 Å². The molecule has 2 aromatic carbocycles. The average Bonchev–Trinajstić information content (AvgIpc) is 3.23. The molecule has 0 N–H and O–H groups in total. The predicted octanol–water partition coefficient (Wildman–Crippen LogP) is 4.41. The van der Waals surface area contributed by atoms with E-state index in [4.69, 9.17) is 14.2 Å². The molecule has 2 aromatic rings. The Kier molecular flexibility index (Phi) is 6.68. The van der Waals surface area contributed by atoms with E-state index in [9.17, 15) is 9.59 Å². The van der Waals surface area contributed by atoms with Crippen LogP contribution in [-0.2, 0) is 30.4 Å². The zero-order valence-corrected chi connectivity index (χ0v) is 16.6. The maximum Gasteiger partial charge on any atom is 0.323 e. The van der Waals surface area contributed by atoms with Gasteiger partial charge in [-0.3, -0.25) is 9.59 Å². The fourth-order valence-corrected chi connectivity index (χ4v) is 3.85. The largest absolute Gasteiger partial charge is 0.465 e. The van der Waals surface area contributed by atoms with Gasteiger partial charge in [0.15, 0.2) is 5.41 Å². The molecule has 1 saturated heterocycles. The molecule has 3 rings (SSSR count). The van der Waals surface area contributed by atoms with Gasteiger partial charge in [0.25, 0.3) is 0 Å². The third-order valence-corrected chi connectivity index (χ3v) is 5.50.